The lowest BCUT2D eigenvalue weighted by molar-refractivity contribution is 0.300. The monoisotopic (exact) mass is 382 g/mol. The number of benzene rings is 1. The van der Waals surface area contributed by atoms with Crippen LogP contribution in [0.5, 0.6) is 5.75 Å². The summed E-state index contributed by atoms with van der Waals surface area (Å²) >= 11 is 2.28. The van der Waals surface area contributed by atoms with Crippen molar-refractivity contribution in [2.24, 2.45) is 0 Å². The van der Waals surface area contributed by atoms with Crippen molar-refractivity contribution in [2.45, 2.75) is 33.0 Å². The Kier molecular flexibility index (Phi) is 5.79. The molecule has 1 heterocycles. The molecule has 106 valence electrons. The van der Waals surface area contributed by atoms with Crippen LogP contribution in [0.1, 0.15) is 25.2 Å². The number of halogens is 1. The van der Waals surface area contributed by atoms with Gasteiger partial charge in [-0.1, -0.05) is 26.0 Å². The SMILES string of the molecule is CC(C)NCc1cccc(COc2cccc(I)c2)n1. The summed E-state index contributed by atoms with van der Waals surface area (Å²) in [7, 11) is 0. The molecule has 0 saturated carbocycles. The zero-order chi connectivity index (χ0) is 14.4. The van der Waals surface area contributed by atoms with Crippen LogP contribution in [-0.2, 0) is 13.2 Å². The van der Waals surface area contributed by atoms with E-state index in [1.165, 1.54) is 3.57 Å². The molecule has 0 radical (unpaired) electrons. The molecule has 0 spiro atoms. The second kappa shape index (κ2) is 7.59. The van der Waals surface area contributed by atoms with E-state index in [9.17, 15) is 0 Å². The van der Waals surface area contributed by atoms with Gasteiger partial charge in [0.25, 0.3) is 0 Å². The maximum Gasteiger partial charge on any atom is 0.130 e. The second-order valence-corrected chi connectivity index (χ2v) is 6.15. The normalized spacial score (nSPS) is 10.8. The van der Waals surface area contributed by atoms with E-state index in [1.54, 1.807) is 0 Å². The van der Waals surface area contributed by atoms with E-state index >= 15 is 0 Å². The highest BCUT2D eigenvalue weighted by atomic mass is 127. The molecule has 0 atom stereocenters. The van der Waals surface area contributed by atoms with Gasteiger partial charge in [-0.2, -0.15) is 0 Å². The van der Waals surface area contributed by atoms with E-state index in [4.69, 9.17) is 4.74 Å². The van der Waals surface area contributed by atoms with E-state index in [2.05, 4.69) is 46.7 Å². The summed E-state index contributed by atoms with van der Waals surface area (Å²) in [6.45, 7) is 5.54. The zero-order valence-corrected chi connectivity index (χ0v) is 13.9. The number of hydrogen-bond donors (Lipinski definition) is 1. The molecule has 0 aliphatic heterocycles. The Balaban J connectivity index is 1.94. The molecule has 1 aromatic carbocycles. The molecule has 4 heteroatoms. The molecule has 0 unspecified atom stereocenters. The first kappa shape index (κ1) is 15.3. The molecule has 20 heavy (non-hydrogen) atoms. The fourth-order valence-corrected chi connectivity index (χ4v) is 2.25. The van der Waals surface area contributed by atoms with Crippen molar-refractivity contribution in [3.8, 4) is 5.75 Å². The van der Waals surface area contributed by atoms with Gasteiger partial charge in [-0.25, -0.2) is 0 Å². The average molecular weight is 382 g/mol. The Labute approximate surface area is 133 Å². The minimum Gasteiger partial charge on any atom is -0.487 e. The third-order valence-corrected chi connectivity index (χ3v) is 3.41. The van der Waals surface area contributed by atoms with E-state index < -0.39 is 0 Å². The van der Waals surface area contributed by atoms with Crippen molar-refractivity contribution in [1.29, 1.82) is 0 Å². The van der Waals surface area contributed by atoms with Gasteiger partial charge in [0.1, 0.15) is 12.4 Å². The Hall–Kier alpha value is -1.14. The molecule has 0 aliphatic carbocycles. The standard InChI is InChI=1S/C16H19IN2O/c1-12(2)18-10-14-6-4-7-15(19-14)11-20-16-8-3-5-13(17)9-16/h3-9,12,18H,10-11H2,1-2H3. The summed E-state index contributed by atoms with van der Waals surface area (Å²) in [5.74, 6) is 0.879. The Morgan fingerprint density at radius 2 is 1.90 bits per heavy atom. The smallest absolute Gasteiger partial charge is 0.130 e. The Bertz CT molecular complexity index is 558. The van der Waals surface area contributed by atoms with Gasteiger partial charge in [-0.05, 0) is 52.9 Å². The molecule has 0 saturated heterocycles. The van der Waals surface area contributed by atoms with E-state index in [-0.39, 0.29) is 0 Å². The van der Waals surface area contributed by atoms with E-state index in [0.717, 1.165) is 23.7 Å². The van der Waals surface area contributed by atoms with Gasteiger partial charge in [0.2, 0.25) is 0 Å². The van der Waals surface area contributed by atoms with Crippen molar-refractivity contribution in [3.63, 3.8) is 0 Å². The number of nitrogens with zero attached hydrogens (tertiary/aromatic N) is 1. The lowest BCUT2D eigenvalue weighted by Crippen LogP contribution is -2.22. The molecule has 0 amide bonds. The van der Waals surface area contributed by atoms with Crippen molar-refractivity contribution >= 4 is 22.6 Å². The first-order valence-corrected chi connectivity index (χ1v) is 7.78. The molecular formula is C16H19IN2O. The van der Waals surface area contributed by atoms with Gasteiger partial charge in [0.05, 0.1) is 11.4 Å². The van der Waals surface area contributed by atoms with Crippen molar-refractivity contribution in [2.75, 3.05) is 0 Å². The average Bonchev–Trinajstić information content (AvgIpc) is 2.43. The van der Waals surface area contributed by atoms with Crippen LogP contribution in [0.3, 0.4) is 0 Å². The minimum atomic E-state index is 0.461. The largest absolute Gasteiger partial charge is 0.487 e. The van der Waals surface area contributed by atoms with Crippen LogP contribution >= 0.6 is 22.6 Å². The highest BCUT2D eigenvalue weighted by molar-refractivity contribution is 14.1. The predicted octanol–water partition coefficient (Wildman–Crippen LogP) is 3.76. The molecule has 3 nitrogen and oxygen atoms in total. The fourth-order valence-electron chi connectivity index (χ4n) is 1.73. The summed E-state index contributed by atoms with van der Waals surface area (Å²) < 4.78 is 6.94. The van der Waals surface area contributed by atoms with Crippen molar-refractivity contribution in [1.82, 2.24) is 10.3 Å². The summed E-state index contributed by atoms with van der Waals surface area (Å²) in [5, 5.41) is 3.37. The number of ether oxygens (including phenoxy) is 1. The molecule has 0 aliphatic rings. The second-order valence-electron chi connectivity index (χ2n) is 4.90. The van der Waals surface area contributed by atoms with Crippen molar-refractivity contribution < 1.29 is 4.74 Å². The quantitative estimate of drug-likeness (QED) is 0.773. The summed E-state index contributed by atoms with van der Waals surface area (Å²) in [6, 6.07) is 14.5. The summed E-state index contributed by atoms with van der Waals surface area (Å²) in [6.07, 6.45) is 0. The molecule has 1 aromatic heterocycles. The van der Waals surface area contributed by atoms with Crippen LogP contribution in [-0.4, -0.2) is 11.0 Å². The third kappa shape index (κ3) is 5.09. The van der Waals surface area contributed by atoms with Crippen molar-refractivity contribution in [3.05, 3.63) is 57.4 Å². The molecule has 2 rings (SSSR count). The fraction of sp³-hybridized carbons (Fsp3) is 0.312. The molecule has 1 N–H and O–H groups in total. The molecule has 0 fully saturated rings. The molecule has 0 bridgehead atoms. The molecular weight excluding hydrogens is 363 g/mol. The number of nitrogens with one attached hydrogen (secondary N) is 1. The minimum absolute atomic E-state index is 0.461. The summed E-state index contributed by atoms with van der Waals surface area (Å²) in [4.78, 5) is 4.59. The van der Waals surface area contributed by atoms with Crippen LogP contribution in [0.4, 0.5) is 0 Å². The Morgan fingerprint density at radius 1 is 1.15 bits per heavy atom. The topological polar surface area (TPSA) is 34.1 Å². The van der Waals surface area contributed by atoms with Crippen LogP contribution in [0.25, 0.3) is 0 Å². The number of hydrogen-bond acceptors (Lipinski definition) is 3. The maximum absolute atomic E-state index is 5.77. The lowest BCUT2D eigenvalue weighted by Gasteiger charge is -2.10. The first-order chi connectivity index (χ1) is 9.63. The predicted molar refractivity (Wildman–Crippen MR) is 89.7 cm³/mol. The van der Waals surface area contributed by atoms with E-state index in [0.29, 0.717) is 12.6 Å². The van der Waals surface area contributed by atoms with Gasteiger partial charge in [-0.3, -0.25) is 4.98 Å². The third-order valence-electron chi connectivity index (χ3n) is 2.74. The zero-order valence-electron chi connectivity index (χ0n) is 11.8. The summed E-state index contributed by atoms with van der Waals surface area (Å²) in [5.41, 5.74) is 1.99. The number of rotatable bonds is 6. The highest BCUT2D eigenvalue weighted by Crippen LogP contribution is 2.16. The maximum atomic E-state index is 5.77. The lowest BCUT2D eigenvalue weighted by atomic mass is 10.3. The van der Waals surface area contributed by atoms with Crippen LogP contribution < -0.4 is 10.1 Å². The Morgan fingerprint density at radius 3 is 2.65 bits per heavy atom. The van der Waals surface area contributed by atoms with Crippen LogP contribution in [0, 0.1) is 3.57 Å². The van der Waals surface area contributed by atoms with E-state index in [1.807, 2.05) is 42.5 Å². The van der Waals surface area contributed by atoms with Gasteiger partial charge < -0.3 is 10.1 Å². The highest BCUT2D eigenvalue weighted by Gasteiger charge is 2.01. The first-order valence-electron chi connectivity index (χ1n) is 6.70. The van der Waals surface area contributed by atoms with Crippen LogP contribution in [0.15, 0.2) is 42.5 Å². The molecule has 2 aromatic rings. The number of aromatic nitrogens is 1. The van der Waals surface area contributed by atoms with Gasteiger partial charge in [-0.15, -0.1) is 0 Å². The van der Waals surface area contributed by atoms with Gasteiger partial charge in [0.15, 0.2) is 0 Å². The van der Waals surface area contributed by atoms with Crippen LogP contribution in [0.2, 0.25) is 0 Å². The number of pyridine rings is 1. The van der Waals surface area contributed by atoms with Gasteiger partial charge >= 0.3 is 0 Å². The van der Waals surface area contributed by atoms with Gasteiger partial charge in [0, 0.05) is 16.2 Å².